The predicted octanol–water partition coefficient (Wildman–Crippen LogP) is 4.82. The van der Waals surface area contributed by atoms with Crippen LogP contribution in [-0.2, 0) is 21.7 Å². The number of carboxylic acids is 1. The first kappa shape index (κ1) is 23.4. The first-order valence-corrected chi connectivity index (χ1v) is 11.0. The van der Waals surface area contributed by atoms with E-state index in [9.17, 15) is 18.4 Å². The Bertz CT molecular complexity index is 1270. The number of aliphatic carboxylic acids is 1. The quantitative estimate of drug-likeness (QED) is 0.519. The standard InChI is InChI=1S/C25H26F2N4O3/c1-15-12-18(9-10-19(15)27)28-23-22(16-6-4-7-17(26)13-16)29-24-25(2,3)31(11-5-8-21(33)34)20(32)14-30(23)24/h4,6-7,9-10,12-13,28H,5,8,11,14H2,1-3H3,(H,33,34). The molecule has 1 amide bonds. The molecule has 0 saturated carbocycles. The summed E-state index contributed by atoms with van der Waals surface area (Å²) in [4.78, 5) is 30.6. The number of carbonyl (C=O) groups excluding carboxylic acids is 1. The first-order chi connectivity index (χ1) is 16.1. The SMILES string of the molecule is Cc1cc(Nc2c(-c3cccc(F)c3)nc3n2CC(=O)N(CCCC(=O)O)C3(C)C)ccc1F. The second-order valence-corrected chi connectivity index (χ2v) is 8.92. The van der Waals surface area contributed by atoms with E-state index < -0.39 is 17.3 Å². The fourth-order valence-corrected chi connectivity index (χ4v) is 4.34. The van der Waals surface area contributed by atoms with Crippen LogP contribution < -0.4 is 5.32 Å². The van der Waals surface area contributed by atoms with Crippen molar-refractivity contribution in [2.75, 3.05) is 11.9 Å². The highest BCUT2D eigenvalue weighted by atomic mass is 19.1. The lowest BCUT2D eigenvalue weighted by Crippen LogP contribution is -2.52. The van der Waals surface area contributed by atoms with Gasteiger partial charge in [-0.2, -0.15) is 0 Å². The van der Waals surface area contributed by atoms with E-state index in [-0.39, 0.29) is 31.2 Å². The number of nitrogens with zero attached hydrogens (tertiary/aromatic N) is 3. The minimum Gasteiger partial charge on any atom is -0.481 e. The maximum Gasteiger partial charge on any atom is 0.303 e. The fraction of sp³-hybridized carbons (Fsp3) is 0.320. The molecular weight excluding hydrogens is 442 g/mol. The van der Waals surface area contributed by atoms with Gasteiger partial charge in [0, 0.05) is 24.2 Å². The molecule has 2 aromatic carbocycles. The summed E-state index contributed by atoms with van der Waals surface area (Å²) in [5.74, 6) is -0.763. The lowest BCUT2D eigenvalue weighted by Gasteiger charge is -2.42. The summed E-state index contributed by atoms with van der Waals surface area (Å²) in [6, 6.07) is 10.6. The number of aromatic nitrogens is 2. The van der Waals surface area contributed by atoms with Crippen molar-refractivity contribution in [1.82, 2.24) is 14.5 Å². The topological polar surface area (TPSA) is 87.5 Å². The number of hydrogen-bond acceptors (Lipinski definition) is 4. The van der Waals surface area contributed by atoms with E-state index in [0.29, 0.717) is 40.6 Å². The first-order valence-electron chi connectivity index (χ1n) is 11.0. The van der Waals surface area contributed by atoms with Crippen molar-refractivity contribution in [3.05, 3.63) is 65.5 Å². The van der Waals surface area contributed by atoms with Gasteiger partial charge < -0.3 is 19.9 Å². The average molecular weight is 469 g/mol. The van der Waals surface area contributed by atoms with Gasteiger partial charge >= 0.3 is 5.97 Å². The van der Waals surface area contributed by atoms with Crippen LogP contribution in [0, 0.1) is 18.6 Å². The Morgan fingerprint density at radius 3 is 2.65 bits per heavy atom. The third kappa shape index (κ3) is 4.37. The van der Waals surface area contributed by atoms with Gasteiger partial charge in [-0.3, -0.25) is 9.59 Å². The molecule has 1 aliphatic rings. The van der Waals surface area contributed by atoms with Crippen LogP contribution in [0.25, 0.3) is 11.3 Å². The highest BCUT2D eigenvalue weighted by Gasteiger charge is 2.42. The molecule has 9 heteroatoms. The van der Waals surface area contributed by atoms with E-state index >= 15 is 0 Å². The van der Waals surface area contributed by atoms with Gasteiger partial charge in [-0.05, 0) is 63.1 Å². The molecule has 0 aliphatic carbocycles. The minimum absolute atomic E-state index is 0.0172. The number of fused-ring (bicyclic) bond motifs is 1. The maximum absolute atomic E-state index is 14.1. The molecule has 1 aromatic heterocycles. The van der Waals surface area contributed by atoms with E-state index in [2.05, 4.69) is 5.32 Å². The van der Waals surface area contributed by atoms with E-state index in [4.69, 9.17) is 10.1 Å². The van der Waals surface area contributed by atoms with Crippen molar-refractivity contribution in [2.24, 2.45) is 0 Å². The summed E-state index contributed by atoms with van der Waals surface area (Å²) in [5.41, 5.74) is 1.22. The largest absolute Gasteiger partial charge is 0.481 e. The Labute approximate surface area is 196 Å². The molecule has 1 aliphatic heterocycles. The number of amides is 1. The molecule has 0 radical (unpaired) electrons. The van der Waals surface area contributed by atoms with E-state index in [0.717, 1.165) is 0 Å². The number of aryl methyl sites for hydroxylation is 1. The maximum atomic E-state index is 14.1. The average Bonchev–Trinajstić information content (AvgIpc) is 3.12. The molecule has 2 N–H and O–H groups in total. The predicted molar refractivity (Wildman–Crippen MR) is 124 cm³/mol. The highest BCUT2D eigenvalue weighted by molar-refractivity contribution is 5.83. The number of nitrogens with one attached hydrogen (secondary N) is 1. The number of imidazole rings is 1. The van der Waals surface area contributed by atoms with Crippen LogP contribution in [-0.4, -0.2) is 38.0 Å². The summed E-state index contributed by atoms with van der Waals surface area (Å²) in [5, 5.41) is 12.2. The van der Waals surface area contributed by atoms with Crippen LogP contribution in [0.5, 0.6) is 0 Å². The molecule has 178 valence electrons. The summed E-state index contributed by atoms with van der Waals surface area (Å²) in [6.07, 6.45) is 0.279. The van der Waals surface area contributed by atoms with Crippen LogP contribution >= 0.6 is 0 Å². The third-order valence-electron chi connectivity index (χ3n) is 6.08. The third-order valence-corrected chi connectivity index (χ3v) is 6.08. The molecule has 34 heavy (non-hydrogen) atoms. The molecule has 0 bridgehead atoms. The Morgan fingerprint density at radius 1 is 1.21 bits per heavy atom. The molecule has 0 spiro atoms. The van der Waals surface area contributed by atoms with E-state index in [1.165, 1.54) is 18.2 Å². The van der Waals surface area contributed by atoms with Crippen LogP contribution in [0.2, 0.25) is 0 Å². The molecule has 0 saturated heterocycles. The highest BCUT2D eigenvalue weighted by Crippen LogP contribution is 2.40. The van der Waals surface area contributed by atoms with E-state index in [1.54, 1.807) is 40.7 Å². The number of anilines is 2. The number of rotatable bonds is 7. The van der Waals surface area contributed by atoms with Gasteiger partial charge in [0.05, 0.1) is 5.54 Å². The summed E-state index contributed by atoms with van der Waals surface area (Å²) in [6.45, 7) is 5.62. The molecule has 0 fully saturated rings. The smallest absolute Gasteiger partial charge is 0.303 e. The van der Waals surface area contributed by atoms with Gasteiger partial charge in [0.2, 0.25) is 5.91 Å². The number of hydrogen-bond donors (Lipinski definition) is 2. The Balaban J connectivity index is 1.81. The second-order valence-electron chi connectivity index (χ2n) is 8.92. The summed E-state index contributed by atoms with van der Waals surface area (Å²) < 4.78 is 29.6. The summed E-state index contributed by atoms with van der Waals surface area (Å²) >= 11 is 0. The van der Waals surface area contributed by atoms with Crippen LogP contribution in [0.1, 0.15) is 38.1 Å². The van der Waals surface area contributed by atoms with Gasteiger partial charge in [-0.15, -0.1) is 0 Å². The molecule has 0 unspecified atom stereocenters. The van der Waals surface area contributed by atoms with Gasteiger partial charge in [0.1, 0.15) is 35.5 Å². The van der Waals surface area contributed by atoms with Crippen molar-refractivity contribution in [3.63, 3.8) is 0 Å². The molecular formula is C25H26F2N4O3. The van der Waals surface area contributed by atoms with Crippen molar-refractivity contribution < 1.29 is 23.5 Å². The van der Waals surface area contributed by atoms with Crippen molar-refractivity contribution in [3.8, 4) is 11.3 Å². The monoisotopic (exact) mass is 468 g/mol. The molecule has 3 aromatic rings. The van der Waals surface area contributed by atoms with Crippen molar-refractivity contribution in [1.29, 1.82) is 0 Å². The zero-order valence-electron chi connectivity index (χ0n) is 19.2. The van der Waals surface area contributed by atoms with Crippen LogP contribution in [0.4, 0.5) is 20.3 Å². The van der Waals surface area contributed by atoms with Gasteiger partial charge in [0.15, 0.2) is 0 Å². The Morgan fingerprint density at radius 2 is 1.97 bits per heavy atom. The molecule has 7 nitrogen and oxygen atoms in total. The second kappa shape index (κ2) is 8.89. The minimum atomic E-state index is -0.918. The van der Waals surface area contributed by atoms with Crippen molar-refractivity contribution in [2.45, 2.75) is 45.7 Å². The van der Waals surface area contributed by atoms with Crippen LogP contribution in [0.15, 0.2) is 42.5 Å². The van der Waals surface area contributed by atoms with Gasteiger partial charge in [0.25, 0.3) is 0 Å². The van der Waals surface area contributed by atoms with Gasteiger partial charge in [-0.25, -0.2) is 13.8 Å². The van der Waals surface area contributed by atoms with E-state index in [1.807, 2.05) is 13.8 Å². The fourth-order valence-electron chi connectivity index (χ4n) is 4.34. The number of halogens is 2. The number of carboxylic acid groups (broad SMARTS) is 1. The van der Waals surface area contributed by atoms with Crippen LogP contribution in [0.3, 0.4) is 0 Å². The molecule has 2 heterocycles. The van der Waals surface area contributed by atoms with Crippen molar-refractivity contribution >= 4 is 23.4 Å². The zero-order valence-corrected chi connectivity index (χ0v) is 19.2. The number of benzene rings is 2. The zero-order chi connectivity index (χ0) is 24.6. The molecule has 4 rings (SSSR count). The Hall–Kier alpha value is -3.75. The normalized spacial score (nSPS) is 14.7. The molecule has 0 atom stereocenters. The van der Waals surface area contributed by atoms with Gasteiger partial charge in [-0.1, -0.05) is 12.1 Å². The summed E-state index contributed by atoms with van der Waals surface area (Å²) in [7, 11) is 0. The number of carbonyl (C=O) groups is 2. The lowest BCUT2D eigenvalue weighted by molar-refractivity contribution is -0.142. The Kier molecular flexibility index (Phi) is 6.12. The lowest BCUT2D eigenvalue weighted by atomic mass is 9.98.